The minimum absolute atomic E-state index is 0.0624. The summed E-state index contributed by atoms with van der Waals surface area (Å²) in [6, 6.07) is 6.85. The molecule has 30 heavy (non-hydrogen) atoms. The Morgan fingerprint density at radius 2 is 2.17 bits per heavy atom. The van der Waals surface area contributed by atoms with Crippen LogP contribution in [0.4, 0.5) is 18.3 Å². The van der Waals surface area contributed by atoms with Crippen molar-refractivity contribution in [3.05, 3.63) is 42.4 Å². The van der Waals surface area contributed by atoms with Crippen LogP contribution in [-0.2, 0) is 4.79 Å². The van der Waals surface area contributed by atoms with E-state index in [2.05, 4.69) is 10.3 Å². The molecular weight excluding hydrogens is 423 g/mol. The average molecular weight is 439 g/mol. The van der Waals surface area contributed by atoms with E-state index in [9.17, 15) is 22.8 Å². The van der Waals surface area contributed by atoms with Crippen LogP contribution in [0.15, 0.2) is 41.0 Å². The first kappa shape index (κ1) is 20.2. The van der Waals surface area contributed by atoms with Crippen LogP contribution in [0.1, 0.15) is 23.4 Å². The van der Waals surface area contributed by atoms with Crippen molar-refractivity contribution >= 4 is 38.5 Å². The fourth-order valence-corrected chi connectivity index (χ4v) is 4.12. The fraction of sp³-hybridized carbons (Fsp3) is 0.316. The van der Waals surface area contributed by atoms with Crippen LogP contribution in [-0.4, -0.2) is 47.1 Å². The SMILES string of the molecule is O=C(Nc1nc2ccc(OCC(F)(F)F)cc2s1)C1CCCN1C(=O)c1ccco1. The molecule has 7 nitrogen and oxygen atoms in total. The minimum atomic E-state index is -4.43. The normalized spacial score (nSPS) is 16.8. The van der Waals surface area contributed by atoms with Crippen LogP contribution < -0.4 is 10.1 Å². The van der Waals surface area contributed by atoms with Crippen LogP contribution in [0, 0.1) is 0 Å². The summed E-state index contributed by atoms with van der Waals surface area (Å²) in [5.41, 5.74) is 0.518. The monoisotopic (exact) mass is 439 g/mol. The molecule has 2 aromatic heterocycles. The number of furan rings is 1. The summed E-state index contributed by atoms with van der Waals surface area (Å²) >= 11 is 1.11. The van der Waals surface area contributed by atoms with Crippen LogP contribution in [0.2, 0.25) is 0 Å². The first-order valence-corrected chi connectivity index (χ1v) is 9.87. The number of alkyl halides is 3. The molecule has 1 fully saturated rings. The number of anilines is 1. The Labute approximate surface area is 172 Å². The zero-order valence-corrected chi connectivity index (χ0v) is 16.3. The molecular formula is C19H16F3N3O4S. The van der Waals surface area contributed by atoms with Gasteiger partial charge in [-0.05, 0) is 43.2 Å². The first-order valence-electron chi connectivity index (χ1n) is 9.06. The number of nitrogens with one attached hydrogen (secondary N) is 1. The number of halogens is 3. The molecule has 1 aliphatic rings. The summed E-state index contributed by atoms with van der Waals surface area (Å²) in [6.07, 6.45) is -1.84. The molecule has 0 radical (unpaired) electrons. The topological polar surface area (TPSA) is 84.7 Å². The van der Waals surface area contributed by atoms with Gasteiger partial charge in [0, 0.05) is 6.54 Å². The van der Waals surface area contributed by atoms with E-state index in [0.29, 0.717) is 34.7 Å². The maximum atomic E-state index is 12.7. The zero-order chi connectivity index (χ0) is 21.3. The van der Waals surface area contributed by atoms with Crippen molar-refractivity contribution < 1.29 is 31.9 Å². The standard InChI is InChI=1S/C19H16F3N3O4S/c20-19(21,22)10-29-11-5-6-12-15(9-11)30-18(23-12)24-16(26)13-3-1-7-25(13)17(27)14-4-2-8-28-14/h2,4-6,8-9,13H,1,3,7,10H2,(H,23,24,26). The smallest absolute Gasteiger partial charge is 0.422 e. The van der Waals surface area contributed by atoms with Crippen LogP contribution in [0.25, 0.3) is 10.2 Å². The van der Waals surface area contributed by atoms with Crippen molar-refractivity contribution in [3.63, 3.8) is 0 Å². The van der Waals surface area contributed by atoms with Crippen LogP contribution in [0.3, 0.4) is 0 Å². The van der Waals surface area contributed by atoms with E-state index in [-0.39, 0.29) is 23.3 Å². The Kier molecular flexibility index (Phi) is 5.37. The molecule has 1 atom stereocenters. The number of amides is 2. The van der Waals surface area contributed by atoms with Gasteiger partial charge in [-0.3, -0.25) is 9.59 Å². The number of carbonyl (C=O) groups is 2. The Morgan fingerprint density at radius 3 is 2.90 bits per heavy atom. The molecule has 3 heterocycles. The third-order valence-electron chi connectivity index (χ3n) is 4.54. The Hall–Kier alpha value is -3.08. The van der Waals surface area contributed by atoms with Gasteiger partial charge in [-0.1, -0.05) is 11.3 Å². The summed E-state index contributed by atoms with van der Waals surface area (Å²) < 4.78 is 47.4. The number of aromatic nitrogens is 1. The fourth-order valence-electron chi connectivity index (χ4n) is 3.23. The lowest BCUT2D eigenvalue weighted by Gasteiger charge is -2.22. The number of thiazole rings is 1. The predicted octanol–water partition coefficient (Wildman–Crippen LogP) is 4.07. The highest BCUT2D eigenvalue weighted by atomic mass is 32.1. The number of hydrogen-bond acceptors (Lipinski definition) is 6. The summed E-state index contributed by atoms with van der Waals surface area (Å²) in [7, 11) is 0. The molecule has 0 spiro atoms. The van der Waals surface area contributed by atoms with Crippen molar-refractivity contribution in [2.45, 2.75) is 25.1 Å². The summed E-state index contributed by atoms with van der Waals surface area (Å²) in [5.74, 6) is -0.498. The predicted molar refractivity (Wildman–Crippen MR) is 103 cm³/mol. The first-order chi connectivity index (χ1) is 14.3. The average Bonchev–Trinajstić information content (AvgIpc) is 3.44. The van der Waals surface area contributed by atoms with Gasteiger partial charge in [-0.2, -0.15) is 13.2 Å². The van der Waals surface area contributed by atoms with E-state index in [1.54, 1.807) is 12.1 Å². The number of nitrogens with zero attached hydrogens (tertiary/aromatic N) is 2. The molecule has 4 rings (SSSR count). The molecule has 2 amide bonds. The Morgan fingerprint density at radius 1 is 1.33 bits per heavy atom. The molecule has 1 saturated heterocycles. The highest BCUT2D eigenvalue weighted by Gasteiger charge is 2.36. The van der Waals surface area contributed by atoms with Crippen molar-refractivity contribution in [1.82, 2.24) is 9.88 Å². The van der Waals surface area contributed by atoms with Crippen LogP contribution in [0.5, 0.6) is 5.75 Å². The number of ether oxygens (including phenoxy) is 1. The maximum Gasteiger partial charge on any atom is 0.422 e. The second kappa shape index (κ2) is 7.98. The van der Waals surface area contributed by atoms with Gasteiger partial charge in [0.15, 0.2) is 17.5 Å². The number of likely N-dealkylation sites (tertiary alicyclic amines) is 1. The molecule has 1 aliphatic heterocycles. The third-order valence-corrected chi connectivity index (χ3v) is 5.47. The van der Waals surface area contributed by atoms with Crippen molar-refractivity contribution in [3.8, 4) is 5.75 Å². The van der Waals surface area contributed by atoms with Gasteiger partial charge >= 0.3 is 6.18 Å². The number of hydrogen-bond donors (Lipinski definition) is 1. The second-order valence-corrected chi connectivity index (χ2v) is 7.71. The van der Waals surface area contributed by atoms with Crippen molar-refractivity contribution in [2.24, 2.45) is 0 Å². The van der Waals surface area contributed by atoms with Gasteiger partial charge in [0.1, 0.15) is 11.8 Å². The lowest BCUT2D eigenvalue weighted by Crippen LogP contribution is -2.43. The molecule has 1 unspecified atom stereocenters. The van der Waals surface area contributed by atoms with E-state index in [0.717, 1.165) is 11.3 Å². The number of carbonyl (C=O) groups excluding carboxylic acids is 2. The third kappa shape index (κ3) is 4.40. The molecule has 0 bridgehead atoms. The van der Waals surface area contributed by atoms with E-state index in [1.807, 2.05) is 0 Å². The number of benzene rings is 1. The van der Waals surface area contributed by atoms with Crippen molar-refractivity contribution in [2.75, 3.05) is 18.5 Å². The zero-order valence-electron chi connectivity index (χ0n) is 15.4. The largest absolute Gasteiger partial charge is 0.484 e. The lowest BCUT2D eigenvalue weighted by molar-refractivity contribution is -0.153. The highest BCUT2D eigenvalue weighted by molar-refractivity contribution is 7.22. The second-order valence-electron chi connectivity index (χ2n) is 6.68. The van der Waals surface area contributed by atoms with Gasteiger partial charge in [0.05, 0.1) is 16.5 Å². The molecule has 1 N–H and O–H groups in total. The Balaban J connectivity index is 1.45. The highest BCUT2D eigenvalue weighted by Crippen LogP contribution is 2.31. The van der Waals surface area contributed by atoms with E-state index >= 15 is 0 Å². The minimum Gasteiger partial charge on any atom is -0.484 e. The van der Waals surface area contributed by atoms with E-state index in [1.165, 1.54) is 29.4 Å². The molecule has 0 saturated carbocycles. The summed E-state index contributed by atoms with van der Waals surface area (Å²) in [6.45, 7) is -0.945. The van der Waals surface area contributed by atoms with Gasteiger partial charge in [0.2, 0.25) is 5.91 Å². The van der Waals surface area contributed by atoms with Crippen molar-refractivity contribution in [1.29, 1.82) is 0 Å². The molecule has 11 heteroatoms. The Bertz CT molecular complexity index is 1060. The quantitative estimate of drug-likeness (QED) is 0.648. The number of fused-ring (bicyclic) bond motifs is 1. The molecule has 3 aromatic rings. The van der Waals surface area contributed by atoms with Crippen LogP contribution >= 0.6 is 11.3 Å². The van der Waals surface area contributed by atoms with Gasteiger partial charge < -0.3 is 19.4 Å². The van der Waals surface area contributed by atoms with E-state index < -0.39 is 18.8 Å². The maximum absolute atomic E-state index is 12.7. The molecule has 158 valence electrons. The summed E-state index contributed by atoms with van der Waals surface area (Å²) in [5, 5.41) is 2.99. The van der Waals surface area contributed by atoms with Gasteiger partial charge in [-0.15, -0.1) is 0 Å². The lowest BCUT2D eigenvalue weighted by atomic mass is 10.2. The summed E-state index contributed by atoms with van der Waals surface area (Å²) in [4.78, 5) is 31.0. The van der Waals surface area contributed by atoms with Gasteiger partial charge in [0.25, 0.3) is 5.91 Å². The number of rotatable bonds is 5. The molecule has 0 aliphatic carbocycles. The van der Waals surface area contributed by atoms with E-state index in [4.69, 9.17) is 9.15 Å². The molecule has 1 aromatic carbocycles. The van der Waals surface area contributed by atoms with Gasteiger partial charge in [-0.25, -0.2) is 4.98 Å².